The van der Waals surface area contributed by atoms with E-state index < -0.39 is 0 Å². The molecule has 2 heterocycles. The number of fused-ring (bicyclic) bond motifs is 1. The van der Waals surface area contributed by atoms with Crippen molar-refractivity contribution in [2.24, 2.45) is 5.92 Å². The van der Waals surface area contributed by atoms with Crippen molar-refractivity contribution in [3.05, 3.63) is 29.7 Å². The number of benzene rings is 1. The van der Waals surface area contributed by atoms with Crippen LogP contribution in [0.2, 0.25) is 0 Å². The van der Waals surface area contributed by atoms with Gasteiger partial charge in [-0.25, -0.2) is 4.98 Å². The number of oxazole rings is 1. The van der Waals surface area contributed by atoms with Gasteiger partial charge >= 0.3 is 0 Å². The lowest BCUT2D eigenvalue weighted by molar-refractivity contribution is 0.373. The highest BCUT2D eigenvalue weighted by Gasteiger charge is 2.28. The van der Waals surface area contributed by atoms with Crippen LogP contribution in [0.3, 0.4) is 0 Å². The molecule has 3 heteroatoms. The van der Waals surface area contributed by atoms with Gasteiger partial charge in [0.15, 0.2) is 11.5 Å². The molecule has 1 saturated heterocycles. The fourth-order valence-electron chi connectivity index (χ4n) is 3.04. The molecule has 1 N–H and O–H groups in total. The minimum Gasteiger partial charge on any atom is -0.440 e. The Morgan fingerprint density at radius 2 is 2.00 bits per heavy atom. The third-order valence-electron chi connectivity index (χ3n) is 4.38. The summed E-state index contributed by atoms with van der Waals surface area (Å²) in [7, 11) is 0. The number of rotatable bonds is 3. The molecule has 1 saturated carbocycles. The van der Waals surface area contributed by atoms with Gasteiger partial charge in [-0.15, -0.1) is 0 Å². The summed E-state index contributed by atoms with van der Waals surface area (Å²) >= 11 is 0. The molecule has 2 aromatic rings. The molecule has 0 atom stereocenters. The van der Waals surface area contributed by atoms with Gasteiger partial charge in [0, 0.05) is 5.92 Å². The smallest absolute Gasteiger partial charge is 0.198 e. The van der Waals surface area contributed by atoms with Crippen LogP contribution in [0.15, 0.2) is 22.6 Å². The van der Waals surface area contributed by atoms with Gasteiger partial charge in [0.1, 0.15) is 5.52 Å². The van der Waals surface area contributed by atoms with Crippen molar-refractivity contribution < 1.29 is 4.42 Å². The van der Waals surface area contributed by atoms with E-state index in [1.165, 1.54) is 50.8 Å². The fraction of sp³-hybridized carbons (Fsp3) is 0.562. The van der Waals surface area contributed by atoms with Crippen LogP contribution in [0.1, 0.15) is 43.1 Å². The molecule has 0 bridgehead atoms. The van der Waals surface area contributed by atoms with Gasteiger partial charge in [-0.1, -0.05) is 6.07 Å². The molecule has 100 valence electrons. The summed E-state index contributed by atoms with van der Waals surface area (Å²) in [4.78, 5) is 4.65. The maximum Gasteiger partial charge on any atom is 0.198 e. The molecule has 4 rings (SSSR count). The summed E-state index contributed by atoms with van der Waals surface area (Å²) in [6, 6.07) is 6.55. The average Bonchev–Trinajstić information content (AvgIpc) is 3.20. The van der Waals surface area contributed by atoms with Crippen LogP contribution in [0, 0.1) is 5.92 Å². The second kappa shape index (κ2) is 4.64. The largest absolute Gasteiger partial charge is 0.440 e. The predicted octanol–water partition coefficient (Wildman–Crippen LogP) is 3.25. The zero-order chi connectivity index (χ0) is 12.7. The number of hydrogen-bond acceptors (Lipinski definition) is 3. The molecule has 1 aromatic carbocycles. The van der Waals surface area contributed by atoms with Crippen molar-refractivity contribution in [1.29, 1.82) is 0 Å². The lowest BCUT2D eigenvalue weighted by Gasteiger charge is -2.22. The molecule has 19 heavy (non-hydrogen) atoms. The third kappa shape index (κ3) is 2.39. The van der Waals surface area contributed by atoms with E-state index in [1.54, 1.807) is 0 Å². The first-order valence-electron chi connectivity index (χ1n) is 7.48. The van der Waals surface area contributed by atoms with E-state index in [9.17, 15) is 0 Å². The molecule has 2 fully saturated rings. The Kier molecular flexibility index (Phi) is 2.80. The maximum absolute atomic E-state index is 5.82. The standard InChI is InChI=1S/C16H20N2O/c1-4-15-14(18-16(19-15)13-2-3-13)10-12(1)9-11-5-7-17-8-6-11/h1,4,10-11,13,17H,2-3,5-9H2. The molecule has 0 spiro atoms. The zero-order valence-electron chi connectivity index (χ0n) is 11.2. The van der Waals surface area contributed by atoms with E-state index in [4.69, 9.17) is 4.42 Å². The third-order valence-corrected chi connectivity index (χ3v) is 4.38. The van der Waals surface area contributed by atoms with Crippen molar-refractivity contribution in [3.8, 4) is 0 Å². The van der Waals surface area contributed by atoms with Crippen molar-refractivity contribution in [2.45, 2.75) is 38.0 Å². The van der Waals surface area contributed by atoms with Gasteiger partial charge in [0.25, 0.3) is 0 Å². The quantitative estimate of drug-likeness (QED) is 0.916. The maximum atomic E-state index is 5.82. The van der Waals surface area contributed by atoms with Crippen LogP contribution in [-0.2, 0) is 6.42 Å². The first kappa shape index (κ1) is 11.5. The van der Waals surface area contributed by atoms with E-state index in [0.717, 1.165) is 22.9 Å². The average molecular weight is 256 g/mol. The van der Waals surface area contributed by atoms with Crippen molar-refractivity contribution in [3.63, 3.8) is 0 Å². The lowest BCUT2D eigenvalue weighted by Crippen LogP contribution is -2.28. The molecule has 3 nitrogen and oxygen atoms in total. The van der Waals surface area contributed by atoms with Crippen LogP contribution in [-0.4, -0.2) is 18.1 Å². The minimum atomic E-state index is 0.597. The predicted molar refractivity (Wildman–Crippen MR) is 75.3 cm³/mol. The summed E-state index contributed by atoms with van der Waals surface area (Å²) in [5.41, 5.74) is 3.42. The lowest BCUT2D eigenvalue weighted by atomic mass is 9.91. The number of hydrogen-bond donors (Lipinski definition) is 1. The van der Waals surface area contributed by atoms with E-state index in [1.807, 2.05) is 0 Å². The second-order valence-corrected chi connectivity index (χ2v) is 6.03. The Morgan fingerprint density at radius 1 is 1.16 bits per heavy atom. The number of nitrogens with zero attached hydrogens (tertiary/aromatic N) is 1. The molecule has 0 unspecified atom stereocenters. The Morgan fingerprint density at radius 3 is 2.79 bits per heavy atom. The van der Waals surface area contributed by atoms with Gasteiger partial charge in [0.05, 0.1) is 0 Å². The highest BCUT2D eigenvalue weighted by Crippen LogP contribution is 2.40. The van der Waals surface area contributed by atoms with Crippen LogP contribution in [0.5, 0.6) is 0 Å². The fourth-order valence-corrected chi connectivity index (χ4v) is 3.04. The van der Waals surface area contributed by atoms with Crippen molar-refractivity contribution in [2.75, 3.05) is 13.1 Å². The number of nitrogens with one attached hydrogen (secondary N) is 1. The Hall–Kier alpha value is -1.35. The minimum absolute atomic E-state index is 0.597. The summed E-state index contributed by atoms with van der Waals surface area (Å²) in [6.07, 6.45) is 6.26. The zero-order valence-corrected chi connectivity index (χ0v) is 11.2. The highest BCUT2D eigenvalue weighted by atomic mass is 16.3. The first-order valence-corrected chi connectivity index (χ1v) is 7.48. The molecule has 1 aliphatic carbocycles. The molecular formula is C16H20N2O. The molecule has 1 aromatic heterocycles. The second-order valence-electron chi connectivity index (χ2n) is 6.03. The molecule has 0 amide bonds. The van der Waals surface area contributed by atoms with Gasteiger partial charge in [-0.3, -0.25) is 0 Å². The summed E-state index contributed by atoms with van der Waals surface area (Å²) in [5, 5.41) is 3.43. The summed E-state index contributed by atoms with van der Waals surface area (Å²) in [6.45, 7) is 2.34. The SMILES string of the molecule is c1cc2oc(C3CC3)nc2cc1CC1CCNCC1. The van der Waals surface area contributed by atoms with E-state index in [-0.39, 0.29) is 0 Å². The van der Waals surface area contributed by atoms with Crippen LogP contribution >= 0.6 is 0 Å². The topological polar surface area (TPSA) is 38.1 Å². The van der Waals surface area contributed by atoms with Gasteiger partial charge < -0.3 is 9.73 Å². The Bertz CT molecular complexity index is 579. The van der Waals surface area contributed by atoms with Gasteiger partial charge in [-0.2, -0.15) is 0 Å². The highest BCUT2D eigenvalue weighted by molar-refractivity contribution is 5.73. The Balaban J connectivity index is 1.56. The van der Waals surface area contributed by atoms with Crippen LogP contribution in [0.4, 0.5) is 0 Å². The van der Waals surface area contributed by atoms with Gasteiger partial charge in [0.2, 0.25) is 0 Å². The van der Waals surface area contributed by atoms with Crippen molar-refractivity contribution >= 4 is 11.1 Å². The number of piperidine rings is 1. The molecule has 0 radical (unpaired) electrons. The molecule has 1 aliphatic heterocycles. The van der Waals surface area contributed by atoms with Crippen molar-refractivity contribution in [1.82, 2.24) is 10.3 Å². The summed E-state index contributed by atoms with van der Waals surface area (Å²) < 4.78 is 5.82. The molecule has 2 aliphatic rings. The van der Waals surface area contributed by atoms with Crippen LogP contribution < -0.4 is 5.32 Å². The molecular weight excluding hydrogens is 236 g/mol. The van der Waals surface area contributed by atoms with Gasteiger partial charge in [-0.05, 0) is 68.8 Å². The normalized spacial score (nSPS) is 21.1. The van der Waals surface area contributed by atoms with E-state index in [2.05, 4.69) is 28.5 Å². The first-order chi connectivity index (χ1) is 9.38. The van der Waals surface area contributed by atoms with E-state index in [0.29, 0.717) is 5.92 Å². The van der Waals surface area contributed by atoms with Crippen LogP contribution in [0.25, 0.3) is 11.1 Å². The van der Waals surface area contributed by atoms with E-state index >= 15 is 0 Å². The Labute approximate surface area is 113 Å². The summed E-state index contributed by atoms with van der Waals surface area (Å²) in [5.74, 6) is 2.38. The number of aromatic nitrogens is 1. The monoisotopic (exact) mass is 256 g/mol.